The van der Waals surface area contributed by atoms with Crippen LogP contribution in [-0.2, 0) is 16.4 Å². The highest BCUT2D eigenvalue weighted by molar-refractivity contribution is 6.13. The molecule has 0 fully saturated rings. The number of benzene rings is 5. The Morgan fingerprint density at radius 2 is 1.34 bits per heavy atom. The molecule has 53 heavy (non-hydrogen) atoms. The smallest absolute Gasteiger partial charge is 0.161 e. The van der Waals surface area contributed by atoms with Gasteiger partial charge in [-0.2, -0.15) is 0 Å². The standard InChI is InChI=1S/C48H46N4O/c1-46(2,3)30-20-21-38-35(25-30)36-26-31(47(4,5)6)27-37(42(36)50-38)45-51-43-32(17-13-18-39(43)52(45)48(7,8)9)28-14-12-15-29(24-28)41-44-34(22-23-49-41)33-16-10-11-19-40(33)53-44/h10-27,50H,1-9H3. The van der Waals surface area contributed by atoms with Crippen LogP contribution in [0.3, 0.4) is 0 Å². The highest BCUT2D eigenvalue weighted by Gasteiger charge is 2.28. The number of H-pyrrole nitrogens is 1. The van der Waals surface area contributed by atoms with E-state index in [1.807, 2.05) is 24.4 Å². The molecule has 0 atom stereocenters. The van der Waals surface area contributed by atoms with E-state index in [1.54, 1.807) is 0 Å². The van der Waals surface area contributed by atoms with Crippen LogP contribution < -0.4 is 0 Å². The molecule has 0 unspecified atom stereocenters. The van der Waals surface area contributed by atoms with Crippen LogP contribution in [0.2, 0.25) is 0 Å². The minimum atomic E-state index is -0.249. The maximum absolute atomic E-state index is 6.39. The molecular weight excluding hydrogens is 649 g/mol. The number of fused-ring (bicyclic) bond motifs is 7. The van der Waals surface area contributed by atoms with E-state index >= 15 is 0 Å². The summed E-state index contributed by atoms with van der Waals surface area (Å²) in [7, 11) is 0. The predicted octanol–water partition coefficient (Wildman–Crippen LogP) is 13.3. The molecule has 4 aromatic heterocycles. The monoisotopic (exact) mass is 694 g/mol. The molecule has 0 bridgehead atoms. The predicted molar refractivity (Wildman–Crippen MR) is 223 cm³/mol. The number of imidazole rings is 1. The van der Waals surface area contributed by atoms with Gasteiger partial charge in [0.2, 0.25) is 0 Å². The van der Waals surface area contributed by atoms with Crippen molar-refractivity contribution in [3.05, 3.63) is 120 Å². The van der Waals surface area contributed by atoms with Gasteiger partial charge in [0, 0.05) is 55.5 Å². The zero-order valence-electron chi connectivity index (χ0n) is 32.1. The molecule has 0 aliphatic carbocycles. The molecule has 5 heteroatoms. The minimum Gasteiger partial charge on any atom is -0.454 e. The summed E-state index contributed by atoms with van der Waals surface area (Å²) < 4.78 is 8.82. The topological polar surface area (TPSA) is 59.6 Å². The number of pyridine rings is 1. The number of aromatic nitrogens is 4. The number of furan rings is 1. The Balaban J connectivity index is 1.28. The van der Waals surface area contributed by atoms with Gasteiger partial charge in [-0.05, 0) is 96.8 Å². The van der Waals surface area contributed by atoms with Crippen molar-refractivity contribution < 1.29 is 4.42 Å². The molecule has 0 spiro atoms. The Morgan fingerprint density at radius 3 is 2.11 bits per heavy atom. The first-order valence-electron chi connectivity index (χ1n) is 18.7. The average molecular weight is 695 g/mol. The van der Waals surface area contributed by atoms with Crippen LogP contribution in [0.4, 0.5) is 0 Å². The number of hydrogen-bond donors (Lipinski definition) is 1. The van der Waals surface area contributed by atoms with Crippen LogP contribution in [0.5, 0.6) is 0 Å². The van der Waals surface area contributed by atoms with E-state index in [0.717, 1.165) is 77.8 Å². The van der Waals surface area contributed by atoms with Crippen molar-refractivity contribution in [2.45, 2.75) is 78.7 Å². The normalized spacial score (nSPS) is 13.0. The molecular formula is C48H46N4O. The van der Waals surface area contributed by atoms with Gasteiger partial charge in [-0.1, -0.05) is 96.1 Å². The van der Waals surface area contributed by atoms with Gasteiger partial charge < -0.3 is 14.0 Å². The summed E-state index contributed by atoms with van der Waals surface area (Å²) in [6.07, 6.45) is 1.88. The molecule has 9 aromatic rings. The summed E-state index contributed by atoms with van der Waals surface area (Å²) in [5.74, 6) is 0.962. The van der Waals surface area contributed by atoms with E-state index in [2.05, 4.69) is 157 Å². The first-order chi connectivity index (χ1) is 25.2. The van der Waals surface area contributed by atoms with E-state index in [9.17, 15) is 0 Å². The number of para-hydroxylation sites is 2. The largest absolute Gasteiger partial charge is 0.454 e. The number of nitrogens with zero attached hydrogens (tertiary/aromatic N) is 3. The molecule has 4 heterocycles. The number of aromatic amines is 1. The van der Waals surface area contributed by atoms with Crippen LogP contribution in [0, 0.1) is 0 Å². The van der Waals surface area contributed by atoms with Crippen molar-refractivity contribution in [1.29, 1.82) is 0 Å². The summed E-state index contributed by atoms with van der Waals surface area (Å²) in [5.41, 5.74) is 13.5. The fourth-order valence-electron chi connectivity index (χ4n) is 7.96. The minimum absolute atomic E-state index is 0.0464. The number of hydrogen-bond acceptors (Lipinski definition) is 3. The van der Waals surface area contributed by atoms with Crippen molar-refractivity contribution >= 4 is 54.8 Å². The maximum Gasteiger partial charge on any atom is 0.161 e. The summed E-state index contributed by atoms with van der Waals surface area (Å²) in [6, 6.07) is 37.1. The molecule has 0 aliphatic heterocycles. The van der Waals surface area contributed by atoms with Crippen LogP contribution in [0.25, 0.3) is 88.5 Å². The van der Waals surface area contributed by atoms with E-state index in [4.69, 9.17) is 14.4 Å². The Morgan fingerprint density at radius 1 is 0.604 bits per heavy atom. The lowest BCUT2D eigenvalue weighted by atomic mass is 9.84. The Labute approximate surface area is 310 Å². The molecule has 1 N–H and O–H groups in total. The summed E-state index contributed by atoms with van der Waals surface area (Å²) in [4.78, 5) is 14.3. The van der Waals surface area contributed by atoms with Crippen molar-refractivity contribution in [3.8, 4) is 33.8 Å². The third-order valence-electron chi connectivity index (χ3n) is 10.8. The molecule has 5 aromatic carbocycles. The van der Waals surface area contributed by atoms with E-state index in [1.165, 1.54) is 21.9 Å². The van der Waals surface area contributed by atoms with Crippen molar-refractivity contribution in [1.82, 2.24) is 19.5 Å². The lowest BCUT2D eigenvalue weighted by Crippen LogP contribution is -2.23. The average Bonchev–Trinajstić information content (AvgIpc) is 3.81. The maximum atomic E-state index is 6.39. The first-order valence-corrected chi connectivity index (χ1v) is 18.7. The lowest BCUT2D eigenvalue weighted by Gasteiger charge is -2.26. The first kappa shape index (κ1) is 33.2. The van der Waals surface area contributed by atoms with Gasteiger partial charge in [-0.15, -0.1) is 0 Å². The Kier molecular flexibility index (Phi) is 7.14. The second-order valence-electron chi connectivity index (χ2n) is 17.7. The zero-order chi connectivity index (χ0) is 37.0. The molecule has 264 valence electrons. The number of nitrogens with one attached hydrogen (secondary N) is 1. The molecule has 0 amide bonds. The van der Waals surface area contributed by atoms with Crippen molar-refractivity contribution in [3.63, 3.8) is 0 Å². The molecule has 5 nitrogen and oxygen atoms in total. The van der Waals surface area contributed by atoms with Crippen LogP contribution in [0.15, 0.2) is 114 Å². The molecule has 0 aliphatic rings. The quantitative estimate of drug-likeness (QED) is 0.200. The van der Waals surface area contributed by atoms with Gasteiger partial charge in [-0.3, -0.25) is 4.98 Å². The summed E-state index contributed by atoms with van der Waals surface area (Å²) in [5, 5.41) is 4.66. The Bertz CT molecular complexity index is 2900. The van der Waals surface area contributed by atoms with Crippen LogP contribution in [0.1, 0.15) is 73.4 Å². The second kappa shape index (κ2) is 11.4. The molecule has 9 rings (SSSR count). The van der Waals surface area contributed by atoms with Gasteiger partial charge in [0.05, 0.1) is 16.6 Å². The molecule has 0 radical (unpaired) electrons. The lowest BCUT2D eigenvalue weighted by molar-refractivity contribution is 0.413. The van der Waals surface area contributed by atoms with Crippen LogP contribution in [-0.4, -0.2) is 19.5 Å². The summed E-state index contributed by atoms with van der Waals surface area (Å²) in [6.45, 7) is 20.6. The fraction of sp³-hybridized carbons (Fsp3) is 0.250. The Hall–Kier alpha value is -5.68. The van der Waals surface area contributed by atoms with Crippen LogP contribution >= 0.6 is 0 Å². The number of rotatable bonds is 3. The van der Waals surface area contributed by atoms with Gasteiger partial charge in [0.1, 0.15) is 17.1 Å². The van der Waals surface area contributed by atoms with E-state index < -0.39 is 0 Å². The van der Waals surface area contributed by atoms with Crippen molar-refractivity contribution in [2.75, 3.05) is 0 Å². The molecule has 0 saturated heterocycles. The second-order valence-corrected chi connectivity index (χ2v) is 17.7. The van der Waals surface area contributed by atoms with Gasteiger partial charge in [0.25, 0.3) is 0 Å². The SMILES string of the molecule is CC(C)(C)c1ccc2[nH]c3c(-c4nc5c(-c6cccc(-c7nccc8c7oc7ccccc78)c6)cccc5n4C(C)(C)C)cc(C(C)(C)C)cc3c2c1. The molecule has 0 saturated carbocycles. The third kappa shape index (κ3) is 5.36. The third-order valence-corrected chi connectivity index (χ3v) is 10.8. The van der Waals surface area contributed by atoms with Gasteiger partial charge in [0.15, 0.2) is 5.58 Å². The summed E-state index contributed by atoms with van der Waals surface area (Å²) >= 11 is 0. The highest BCUT2D eigenvalue weighted by atomic mass is 16.3. The van der Waals surface area contributed by atoms with Crippen molar-refractivity contribution in [2.24, 2.45) is 0 Å². The van der Waals surface area contributed by atoms with Gasteiger partial charge >= 0.3 is 0 Å². The zero-order valence-corrected chi connectivity index (χ0v) is 32.1. The van der Waals surface area contributed by atoms with Gasteiger partial charge in [-0.25, -0.2) is 4.98 Å². The van der Waals surface area contributed by atoms with E-state index in [0.29, 0.717) is 0 Å². The highest BCUT2D eigenvalue weighted by Crippen LogP contribution is 2.43. The fourth-order valence-corrected chi connectivity index (χ4v) is 7.96. The van der Waals surface area contributed by atoms with E-state index in [-0.39, 0.29) is 16.4 Å².